The number of carbonyl (C=O) groups is 1. The van der Waals surface area contributed by atoms with Crippen LogP contribution >= 0.6 is 0 Å². The van der Waals surface area contributed by atoms with Crippen LogP contribution < -0.4 is 0 Å². The Bertz CT molecular complexity index is 607. The molecule has 4 aliphatic rings. The van der Waals surface area contributed by atoms with E-state index >= 15 is 0 Å². The molecule has 2 heteroatoms. The molecule has 3 saturated carbocycles. The molecule has 0 saturated heterocycles. The van der Waals surface area contributed by atoms with Crippen LogP contribution in [0, 0.1) is 28.6 Å². The summed E-state index contributed by atoms with van der Waals surface area (Å²) in [6.45, 7) is 10.4. The first-order valence-electron chi connectivity index (χ1n) is 11.3. The quantitative estimate of drug-likeness (QED) is 0.568. The van der Waals surface area contributed by atoms with Crippen LogP contribution in [-0.4, -0.2) is 18.0 Å². The maximum atomic E-state index is 12.0. The predicted molar refractivity (Wildman–Crippen MR) is 106 cm³/mol. The van der Waals surface area contributed by atoms with Gasteiger partial charge < -0.3 is 4.74 Å². The Kier molecular flexibility index (Phi) is 4.66. The minimum absolute atomic E-state index is 0.0464. The number of hydrogen-bond donors (Lipinski definition) is 0. The molecule has 0 aliphatic heterocycles. The number of ether oxygens (including phenoxy) is 1. The highest BCUT2D eigenvalue weighted by Gasteiger charge is 2.62. The number of hydrogen-bond acceptors (Lipinski definition) is 2. The van der Waals surface area contributed by atoms with Gasteiger partial charge in [-0.1, -0.05) is 32.4 Å². The molecular weight excluding hydrogens is 320 g/mol. The van der Waals surface area contributed by atoms with Crippen LogP contribution in [0.1, 0.15) is 91.9 Å². The molecule has 4 rings (SSSR count). The van der Waals surface area contributed by atoms with E-state index in [0.717, 1.165) is 44.1 Å². The van der Waals surface area contributed by atoms with Crippen LogP contribution in [0.5, 0.6) is 0 Å². The molecule has 0 aromatic carbocycles. The molecule has 0 heterocycles. The number of allylic oxidation sites excluding steroid dienone is 2. The van der Waals surface area contributed by atoms with Crippen molar-refractivity contribution in [2.45, 2.75) is 97.5 Å². The van der Waals surface area contributed by atoms with Crippen LogP contribution in [-0.2, 0) is 9.53 Å². The monoisotopic (exact) mass is 358 g/mol. The maximum absolute atomic E-state index is 12.0. The molecule has 6 unspecified atom stereocenters. The first kappa shape index (κ1) is 18.7. The van der Waals surface area contributed by atoms with E-state index in [0.29, 0.717) is 22.5 Å². The lowest BCUT2D eigenvalue weighted by Crippen LogP contribution is -2.53. The van der Waals surface area contributed by atoms with Gasteiger partial charge in [0.05, 0.1) is 5.60 Å². The minimum Gasteiger partial charge on any atom is -0.375 e. The molecule has 146 valence electrons. The van der Waals surface area contributed by atoms with Crippen LogP contribution in [0.15, 0.2) is 11.6 Å². The summed E-state index contributed by atoms with van der Waals surface area (Å²) in [5.74, 6) is 2.63. The summed E-state index contributed by atoms with van der Waals surface area (Å²) in [6, 6.07) is 0. The van der Waals surface area contributed by atoms with Gasteiger partial charge >= 0.3 is 0 Å². The van der Waals surface area contributed by atoms with E-state index in [2.05, 4.69) is 33.8 Å². The Morgan fingerprint density at radius 3 is 2.69 bits per heavy atom. The Morgan fingerprint density at radius 2 is 1.96 bits per heavy atom. The number of carbonyl (C=O) groups excluding carboxylic acids is 1. The third-order valence-corrected chi connectivity index (χ3v) is 9.31. The molecule has 26 heavy (non-hydrogen) atoms. The topological polar surface area (TPSA) is 26.3 Å². The second-order valence-electron chi connectivity index (χ2n) is 10.1. The largest absolute Gasteiger partial charge is 0.375 e. The number of rotatable bonds is 4. The van der Waals surface area contributed by atoms with Crippen molar-refractivity contribution in [1.82, 2.24) is 0 Å². The fourth-order valence-corrected chi connectivity index (χ4v) is 7.69. The van der Waals surface area contributed by atoms with Crippen molar-refractivity contribution in [2.75, 3.05) is 6.61 Å². The van der Waals surface area contributed by atoms with Gasteiger partial charge in [-0.15, -0.1) is 0 Å². The zero-order valence-electron chi connectivity index (χ0n) is 17.4. The Labute approximate surface area is 160 Å². The second kappa shape index (κ2) is 6.47. The summed E-state index contributed by atoms with van der Waals surface area (Å²) in [5.41, 5.74) is 2.41. The van der Waals surface area contributed by atoms with Gasteiger partial charge in [0.2, 0.25) is 0 Å². The summed E-state index contributed by atoms with van der Waals surface area (Å²) < 4.78 is 6.55. The molecule has 0 spiro atoms. The van der Waals surface area contributed by atoms with Crippen LogP contribution in [0.3, 0.4) is 0 Å². The zero-order chi connectivity index (χ0) is 18.6. The highest BCUT2D eigenvalue weighted by molar-refractivity contribution is 5.80. The van der Waals surface area contributed by atoms with Gasteiger partial charge in [0.1, 0.15) is 5.78 Å². The van der Waals surface area contributed by atoms with Gasteiger partial charge in [-0.2, -0.15) is 0 Å². The molecule has 0 N–H and O–H groups in total. The van der Waals surface area contributed by atoms with Gasteiger partial charge in [-0.25, -0.2) is 0 Å². The third-order valence-electron chi connectivity index (χ3n) is 9.31. The SMILES string of the molecule is CCCOC1(C)CCC2C3CCC4CC(=O)CCC4(C)C3=CCC21CC. The first-order chi connectivity index (χ1) is 12.4. The van der Waals surface area contributed by atoms with Gasteiger partial charge in [-0.3, -0.25) is 4.79 Å². The number of ketones is 1. The van der Waals surface area contributed by atoms with Crippen molar-refractivity contribution in [1.29, 1.82) is 0 Å². The zero-order valence-corrected chi connectivity index (χ0v) is 17.4. The Hall–Kier alpha value is -0.630. The van der Waals surface area contributed by atoms with Crippen LogP contribution in [0.4, 0.5) is 0 Å². The van der Waals surface area contributed by atoms with Gasteiger partial charge in [0.15, 0.2) is 0 Å². The minimum atomic E-state index is 0.0464. The van der Waals surface area contributed by atoms with Gasteiger partial charge in [0, 0.05) is 24.9 Å². The fourth-order valence-electron chi connectivity index (χ4n) is 7.69. The summed E-state index contributed by atoms with van der Waals surface area (Å²) in [6.07, 6.45) is 14.0. The lowest BCUT2D eigenvalue weighted by molar-refractivity contribution is -0.133. The van der Waals surface area contributed by atoms with E-state index in [-0.39, 0.29) is 5.60 Å². The lowest BCUT2D eigenvalue weighted by atomic mass is 9.48. The van der Waals surface area contributed by atoms with E-state index in [1.807, 2.05) is 0 Å². The molecule has 0 bridgehead atoms. The van der Waals surface area contributed by atoms with E-state index in [9.17, 15) is 4.79 Å². The average Bonchev–Trinajstić information content (AvgIpc) is 2.94. The summed E-state index contributed by atoms with van der Waals surface area (Å²) in [5, 5.41) is 0. The van der Waals surface area contributed by atoms with Crippen LogP contribution in [0.2, 0.25) is 0 Å². The molecule has 0 radical (unpaired) electrons. The second-order valence-corrected chi connectivity index (χ2v) is 10.1. The van der Waals surface area contributed by atoms with Crippen molar-refractivity contribution in [3.8, 4) is 0 Å². The van der Waals surface area contributed by atoms with E-state index in [1.165, 1.54) is 38.5 Å². The van der Waals surface area contributed by atoms with Crippen molar-refractivity contribution in [3.05, 3.63) is 11.6 Å². The number of fused-ring (bicyclic) bond motifs is 5. The highest BCUT2D eigenvalue weighted by Crippen LogP contribution is 2.67. The molecule has 0 aromatic rings. The van der Waals surface area contributed by atoms with Crippen molar-refractivity contribution < 1.29 is 9.53 Å². The molecule has 0 amide bonds. The molecular formula is C24H38O2. The Balaban J connectivity index is 1.68. The normalized spacial score (nSPS) is 47.8. The summed E-state index contributed by atoms with van der Waals surface area (Å²) in [7, 11) is 0. The fraction of sp³-hybridized carbons (Fsp3) is 0.875. The molecule has 2 nitrogen and oxygen atoms in total. The Morgan fingerprint density at radius 1 is 1.15 bits per heavy atom. The van der Waals surface area contributed by atoms with E-state index < -0.39 is 0 Å². The van der Waals surface area contributed by atoms with Gasteiger partial charge in [-0.05, 0) is 81.5 Å². The van der Waals surface area contributed by atoms with Gasteiger partial charge in [0.25, 0.3) is 0 Å². The molecule has 3 fully saturated rings. The predicted octanol–water partition coefficient (Wildman–Crippen LogP) is 6.09. The first-order valence-corrected chi connectivity index (χ1v) is 11.3. The van der Waals surface area contributed by atoms with E-state index in [1.54, 1.807) is 5.57 Å². The smallest absolute Gasteiger partial charge is 0.133 e. The van der Waals surface area contributed by atoms with E-state index in [4.69, 9.17) is 4.74 Å². The van der Waals surface area contributed by atoms with Crippen molar-refractivity contribution in [2.24, 2.45) is 28.6 Å². The lowest BCUT2D eigenvalue weighted by Gasteiger charge is -2.58. The molecule has 0 aromatic heterocycles. The van der Waals surface area contributed by atoms with Crippen molar-refractivity contribution in [3.63, 3.8) is 0 Å². The molecule has 4 aliphatic carbocycles. The van der Waals surface area contributed by atoms with Crippen LogP contribution in [0.25, 0.3) is 0 Å². The standard InChI is InChI=1S/C24H38O2/c1-5-15-26-23(4)13-10-21-19-8-7-17-16-18(25)9-12-22(17,3)20(19)11-14-24(21,23)6-2/h11,17,19,21H,5-10,12-16H2,1-4H3. The third kappa shape index (κ3) is 2.43. The maximum Gasteiger partial charge on any atom is 0.133 e. The molecule has 6 atom stereocenters. The highest BCUT2D eigenvalue weighted by atomic mass is 16.5. The summed E-state index contributed by atoms with van der Waals surface area (Å²) in [4.78, 5) is 12.0. The van der Waals surface area contributed by atoms with Crippen molar-refractivity contribution >= 4 is 5.78 Å². The number of Topliss-reactive ketones (excluding diaryl/α,β-unsaturated/α-hetero) is 1. The summed E-state index contributed by atoms with van der Waals surface area (Å²) >= 11 is 0. The average molecular weight is 359 g/mol.